The Morgan fingerprint density at radius 1 is 0.400 bits per heavy atom. The Bertz CT molecular complexity index is 2870. The Labute approximate surface area is 287 Å². The summed E-state index contributed by atoms with van der Waals surface area (Å²) in [4.78, 5) is 14.8. The standard InChI is InChI=1S/C45H27N3O2/c1-2-11-28(12-3-1)45-47-38(33-15-5-4-14-31(33)30-13-10-24-46-27-30)26-39(48-45)35-22-21-32(44-43(35)36-17-7-9-19-41(36)50-44)29-20-23-42-37(25-29)34-16-6-8-18-40(34)49-42/h1-27H. The van der Waals surface area contributed by atoms with Gasteiger partial charge in [0.25, 0.3) is 0 Å². The quantitative estimate of drug-likeness (QED) is 0.187. The van der Waals surface area contributed by atoms with E-state index < -0.39 is 0 Å². The molecule has 0 amide bonds. The number of para-hydroxylation sites is 2. The third kappa shape index (κ3) is 4.60. The average Bonchev–Trinajstić information content (AvgIpc) is 3.77. The molecule has 0 atom stereocenters. The van der Waals surface area contributed by atoms with E-state index >= 15 is 0 Å². The number of hydrogen-bond donors (Lipinski definition) is 0. The lowest BCUT2D eigenvalue weighted by atomic mass is 9.94. The molecule has 5 heteroatoms. The van der Waals surface area contributed by atoms with Gasteiger partial charge < -0.3 is 8.83 Å². The molecule has 5 nitrogen and oxygen atoms in total. The molecule has 0 radical (unpaired) electrons. The third-order valence-corrected chi connectivity index (χ3v) is 9.42. The van der Waals surface area contributed by atoms with Crippen molar-refractivity contribution in [1.82, 2.24) is 15.0 Å². The van der Waals surface area contributed by atoms with Gasteiger partial charge in [0.15, 0.2) is 5.82 Å². The summed E-state index contributed by atoms with van der Waals surface area (Å²) in [7, 11) is 0. The van der Waals surface area contributed by atoms with Crippen molar-refractivity contribution in [2.45, 2.75) is 0 Å². The van der Waals surface area contributed by atoms with Crippen molar-refractivity contribution >= 4 is 43.9 Å². The molecule has 0 saturated heterocycles. The monoisotopic (exact) mass is 641 g/mol. The zero-order valence-corrected chi connectivity index (χ0v) is 26.7. The molecule has 0 unspecified atom stereocenters. The zero-order valence-electron chi connectivity index (χ0n) is 26.7. The summed E-state index contributed by atoms with van der Waals surface area (Å²) in [6, 6.07) is 51.7. The summed E-state index contributed by atoms with van der Waals surface area (Å²) in [5.74, 6) is 0.654. The molecule has 0 aliphatic heterocycles. The third-order valence-electron chi connectivity index (χ3n) is 9.42. The maximum atomic E-state index is 6.71. The van der Waals surface area contributed by atoms with Crippen molar-refractivity contribution < 1.29 is 8.83 Å². The van der Waals surface area contributed by atoms with Gasteiger partial charge in [-0.05, 0) is 53.6 Å². The van der Waals surface area contributed by atoms with Crippen LogP contribution in [0.1, 0.15) is 0 Å². The Morgan fingerprint density at radius 2 is 1.06 bits per heavy atom. The van der Waals surface area contributed by atoms with Crippen molar-refractivity contribution in [3.63, 3.8) is 0 Å². The Balaban J connectivity index is 1.23. The lowest BCUT2D eigenvalue weighted by molar-refractivity contribution is 0.668. The van der Waals surface area contributed by atoms with E-state index in [0.29, 0.717) is 5.82 Å². The van der Waals surface area contributed by atoms with Crippen LogP contribution in [0.2, 0.25) is 0 Å². The van der Waals surface area contributed by atoms with Gasteiger partial charge in [0, 0.05) is 61.8 Å². The van der Waals surface area contributed by atoms with Gasteiger partial charge in [-0.25, -0.2) is 9.97 Å². The number of fused-ring (bicyclic) bond motifs is 6. The lowest BCUT2D eigenvalue weighted by Gasteiger charge is -2.14. The Kier molecular flexibility index (Phi) is 6.42. The number of hydrogen-bond acceptors (Lipinski definition) is 5. The van der Waals surface area contributed by atoms with Crippen LogP contribution >= 0.6 is 0 Å². The van der Waals surface area contributed by atoms with Gasteiger partial charge in [-0.3, -0.25) is 4.98 Å². The van der Waals surface area contributed by atoms with Crippen molar-refractivity contribution in [3.05, 3.63) is 164 Å². The molecule has 10 aromatic rings. The van der Waals surface area contributed by atoms with Crippen LogP contribution in [0, 0.1) is 0 Å². The van der Waals surface area contributed by atoms with E-state index in [0.717, 1.165) is 94.2 Å². The molecule has 10 rings (SSSR count). The molecular formula is C45H27N3O2. The number of benzene rings is 6. The molecule has 0 saturated carbocycles. The van der Waals surface area contributed by atoms with Crippen molar-refractivity contribution in [3.8, 4) is 56.2 Å². The second kappa shape index (κ2) is 11.4. The van der Waals surface area contributed by atoms with E-state index in [1.165, 1.54) is 0 Å². The minimum absolute atomic E-state index is 0.654. The second-order valence-electron chi connectivity index (χ2n) is 12.4. The molecule has 0 spiro atoms. The van der Waals surface area contributed by atoms with Crippen LogP contribution in [0.3, 0.4) is 0 Å². The van der Waals surface area contributed by atoms with Crippen molar-refractivity contribution in [1.29, 1.82) is 0 Å². The predicted molar refractivity (Wildman–Crippen MR) is 202 cm³/mol. The lowest BCUT2D eigenvalue weighted by Crippen LogP contribution is -1.97. The maximum Gasteiger partial charge on any atom is 0.160 e. The number of rotatable bonds is 5. The molecule has 6 aromatic carbocycles. The number of aromatic nitrogens is 3. The fourth-order valence-corrected chi connectivity index (χ4v) is 7.08. The van der Waals surface area contributed by atoms with Crippen LogP contribution in [0.4, 0.5) is 0 Å². The molecule has 0 aliphatic carbocycles. The Hall–Kier alpha value is -6.85. The first-order chi connectivity index (χ1) is 24.8. The van der Waals surface area contributed by atoms with Crippen molar-refractivity contribution in [2.75, 3.05) is 0 Å². The highest BCUT2D eigenvalue weighted by molar-refractivity contribution is 6.17. The van der Waals surface area contributed by atoms with Gasteiger partial charge in [0.05, 0.1) is 11.4 Å². The summed E-state index contributed by atoms with van der Waals surface area (Å²) in [6.45, 7) is 0. The van der Waals surface area contributed by atoms with Crippen LogP contribution in [-0.2, 0) is 0 Å². The molecule has 0 fully saturated rings. The van der Waals surface area contributed by atoms with E-state index in [4.69, 9.17) is 18.8 Å². The first-order valence-corrected chi connectivity index (χ1v) is 16.6. The maximum absolute atomic E-state index is 6.71. The highest BCUT2D eigenvalue weighted by atomic mass is 16.3. The molecule has 0 N–H and O–H groups in total. The van der Waals surface area contributed by atoms with Crippen molar-refractivity contribution in [2.24, 2.45) is 0 Å². The van der Waals surface area contributed by atoms with Crippen LogP contribution in [-0.4, -0.2) is 15.0 Å². The summed E-state index contributed by atoms with van der Waals surface area (Å²) in [6.07, 6.45) is 3.69. The van der Waals surface area contributed by atoms with E-state index in [2.05, 4.69) is 102 Å². The summed E-state index contributed by atoms with van der Waals surface area (Å²) >= 11 is 0. The average molecular weight is 642 g/mol. The molecule has 0 aliphatic rings. The normalized spacial score (nSPS) is 11.6. The smallest absolute Gasteiger partial charge is 0.160 e. The fraction of sp³-hybridized carbons (Fsp3) is 0. The topological polar surface area (TPSA) is 65.0 Å². The van der Waals surface area contributed by atoms with Gasteiger partial charge >= 0.3 is 0 Å². The van der Waals surface area contributed by atoms with Gasteiger partial charge in [-0.2, -0.15) is 0 Å². The highest BCUT2D eigenvalue weighted by Gasteiger charge is 2.21. The van der Waals surface area contributed by atoms with E-state index in [9.17, 15) is 0 Å². The largest absolute Gasteiger partial charge is 0.456 e. The summed E-state index contributed by atoms with van der Waals surface area (Å²) < 4.78 is 12.9. The molecular weight excluding hydrogens is 615 g/mol. The molecule has 234 valence electrons. The first-order valence-electron chi connectivity index (χ1n) is 16.6. The van der Waals surface area contributed by atoms with Crippen LogP contribution in [0.5, 0.6) is 0 Å². The van der Waals surface area contributed by atoms with E-state index in [1.807, 2.05) is 60.8 Å². The number of nitrogens with zero attached hydrogens (tertiary/aromatic N) is 3. The fourth-order valence-electron chi connectivity index (χ4n) is 7.08. The molecule has 0 bridgehead atoms. The van der Waals surface area contributed by atoms with E-state index in [1.54, 1.807) is 6.20 Å². The summed E-state index contributed by atoms with van der Waals surface area (Å²) in [5.41, 5.74) is 12.1. The van der Waals surface area contributed by atoms with Gasteiger partial charge in [-0.15, -0.1) is 0 Å². The number of furan rings is 2. The Morgan fingerprint density at radius 3 is 1.88 bits per heavy atom. The predicted octanol–water partition coefficient (Wildman–Crippen LogP) is 12.0. The molecule has 50 heavy (non-hydrogen) atoms. The highest BCUT2D eigenvalue weighted by Crippen LogP contribution is 2.43. The van der Waals surface area contributed by atoms with Gasteiger partial charge in [0.1, 0.15) is 22.3 Å². The van der Waals surface area contributed by atoms with Gasteiger partial charge in [0.2, 0.25) is 0 Å². The minimum Gasteiger partial charge on any atom is -0.456 e. The zero-order chi connectivity index (χ0) is 33.0. The first kappa shape index (κ1) is 28.2. The molecule has 4 heterocycles. The van der Waals surface area contributed by atoms with E-state index in [-0.39, 0.29) is 0 Å². The van der Waals surface area contributed by atoms with Crippen LogP contribution < -0.4 is 0 Å². The van der Waals surface area contributed by atoms with Gasteiger partial charge in [-0.1, -0.05) is 109 Å². The SMILES string of the molecule is c1ccc(-c2nc(-c3ccccc3-c3cccnc3)cc(-c3ccc(-c4ccc5oc6ccccc6c5c4)c4oc5ccccc5c34)n2)cc1. The molecule has 4 aromatic heterocycles. The summed E-state index contributed by atoms with van der Waals surface area (Å²) in [5, 5.41) is 4.22. The number of pyridine rings is 1. The minimum atomic E-state index is 0.654. The second-order valence-corrected chi connectivity index (χ2v) is 12.4. The van der Waals surface area contributed by atoms with Crippen LogP contribution in [0.25, 0.3) is 100 Å². The van der Waals surface area contributed by atoms with Crippen LogP contribution in [0.15, 0.2) is 173 Å².